The number of carbonyl (C=O) groups is 2. The zero-order valence-electron chi connectivity index (χ0n) is 16.9. The first-order chi connectivity index (χ1) is 14.5. The van der Waals surface area contributed by atoms with Crippen molar-refractivity contribution in [3.63, 3.8) is 0 Å². The molecule has 1 saturated carbocycles. The lowest BCUT2D eigenvalue weighted by atomic mass is 9.80. The molecule has 1 atom stereocenters. The van der Waals surface area contributed by atoms with Crippen LogP contribution in [-0.2, 0) is 9.59 Å². The van der Waals surface area contributed by atoms with E-state index in [1.54, 1.807) is 31.4 Å². The van der Waals surface area contributed by atoms with Gasteiger partial charge in [0.15, 0.2) is 5.54 Å². The van der Waals surface area contributed by atoms with Crippen molar-refractivity contribution in [3.8, 4) is 5.75 Å². The van der Waals surface area contributed by atoms with Crippen molar-refractivity contribution >= 4 is 23.6 Å². The second kappa shape index (κ2) is 8.30. The average Bonchev–Trinajstić information content (AvgIpc) is 3.24. The smallest absolute Gasteiger partial charge is 0.251 e. The SMILES string of the molecule is COc1ccccc1/C=C/[C@]1(C(=O)NC2CCCC2)CC(=O)N1c1cccc(F)c1. The molecule has 156 valence electrons. The number of methoxy groups -OCH3 is 1. The van der Waals surface area contributed by atoms with Crippen LogP contribution in [0.2, 0.25) is 0 Å². The van der Waals surface area contributed by atoms with Crippen LogP contribution < -0.4 is 15.0 Å². The zero-order valence-corrected chi connectivity index (χ0v) is 16.9. The molecule has 1 N–H and O–H groups in total. The van der Waals surface area contributed by atoms with E-state index in [0.29, 0.717) is 11.4 Å². The molecule has 1 heterocycles. The number of anilines is 1. The Kier molecular flexibility index (Phi) is 5.57. The summed E-state index contributed by atoms with van der Waals surface area (Å²) in [5.41, 5.74) is -0.0296. The highest BCUT2D eigenvalue weighted by molar-refractivity contribution is 6.15. The van der Waals surface area contributed by atoms with Gasteiger partial charge in [0, 0.05) is 17.3 Å². The monoisotopic (exact) mass is 408 g/mol. The highest BCUT2D eigenvalue weighted by Crippen LogP contribution is 2.40. The van der Waals surface area contributed by atoms with E-state index >= 15 is 0 Å². The van der Waals surface area contributed by atoms with Crippen molar-refractivity contribution in [1.29, 1.82) is 0 Å². The summed E-state index contributed by atoms with van der Waals surface area (Å²) in [6, 6.07) is 13.4. The van der Waals surface area contributed by atoms with E-state index in [0.717, 1.165) is 31.2 Å². The minimum absolute atomic E-state index is 0.0354. The van der Waals surface area contributed by atoms with Crippen molar-refractivity contribution in [1.82, 2.24) is 5.32 Å². The summed E-state index contributed by atoms with van der Waals surface area (Å²) in [4.78, 5) is 27.4. The first-order valence-electron chi connectivity index (χ1n) is 10.3. The van der Waals surface area contributed by atoms with Gasteiger partial charge in [0.1, 0.15) is 11.6 Å². The molecule has 0 unspecified atom stereocenters. The molecule has 1 saturated heterocycles. The molecule has 4 rings (SSSR count). The van der Waals surface area contributed by atoms with E-state index in [2.05, 4.69) is 5.32 Å². The van der Waals surface area contributed by atoms with Gasteiger partial charge >= 0.3 is 0 Å². The number of hydrogen-bond donors (Lipinski definition) is 1. The third-order valence-corrected chi connectivity index (χ3v) is 5.90. The van der Waals surface area contributed by atoms with Crippen LogP contribution in [0.1, 0.15) is 37.7 Å². The Balaban J connectivity index is 1.72. The molecule has 2 aromatic carbocycles. The highest BCUT2D eigenvalue weighted by atomic mass is 19.1. The first kappa shape index (κ1) is 20.1. The largest absolute Gasteiger partial charge is 0.496 e. The standard InChI is InChI=1S/C24H25FN2O3/c1-30-21-12-5-2-7-17(21)13-14-24(23(29)26-19-9-3-4-10-19)16-22(28)27(24)20-11-6-8-18(25)15-20/h2,5-8,11-15,19H,3-4,9-10,16H2,1H3,(H,26,29)/b14-13+/t24-/m1/s1. The maximum absolute atomic E-state index is 13.9. The van der Waals surface area contributed by atoms with Gasteiger partial charge in [-0.3, -0.25) is 14.5 Å². The number of nitrogens with one attached hydrogen (secondary N) is 1. The van der Waals surface area contributed by atoms with Crippen LogP contribution in [0.4, 0.5) is 10.1 Å². The summed E-state index contributed by atoms with van der Waals surface area (Å²) >= 11 is 0. The fraction of sp³-hybridized carbons (Fsp3) is 0.333. The molecule has 0 radical (unpaired) electrons. The van der Waals surface area contributed by atoms with E-state index in [4.69, 9.17) is 4.74 Å². The van der Waals surface area contributed by atoms with E-state index in [9.17, 15) is 14.0 Å². The van der Waals surface area contributed by atoms with Gasteiger partial charge in [0.2, 0.25) is 5.91 Å². The van der Waals surface area contributed by atoms with Gasteiger partial charge in [-0.15, -0.1) is 0 Å². The average molecular weight is 408 g/mol. The van der Waals surface area contributed by atoms with Crippen molar-refractivity contribution < 1.29 is 18.7 Å². The van der Waals surface area contributed by atoms with Crippen LogP contribution in [0, 0.1) is 5.82 Å². The van der Waals surface area contributed by atoms with Gasteiger partial charge in [0.25, 0.3) is 5.91 Å². The van der Waals surface area contributed by atoms with Gasteiger partial charge in [-0.05, 0) is 43.2 Å². The third kappa shape index (κ3) is 3.70. The number of hydrogen-bond acceptors (Lipinski definition) is 3. The van der Waals surface area contributed by atoms with Gasteiger partial charge in [0.05, 0.1) is 13.5 Å². The maximum atomic E-state index is 13.9. The Morgan fingerprint density at radius 3 is 2.67 bits per heavy atom. The van der Waals surface area contributed by atoms with Gasteiger partial charge in [-0.1, -0.05) is 43.2 Å². The lowest BCUT2D eigenvalue weighted by molar-refractivity contribution is -0.137. The molecule has 0 aromatic heterocycles. The van der Waals surface area contributed by atoms with Gasteiger partial charge < -0.3 is 10.1 Å². The van der Waals surface area contributed by atoms with Crippen LogP contribution in [0.3, 0.4) is 0 Å². The third-order valence-electron chi connectivity index (χ3n) is 5.90. The summed E-state index contributed by atoms with van der Waals surface area (Å²) in [5, 5.41) is 3.11. The first-order valence-corrected chi connectivity index (χ1v) is 10.3. The summed E-state index contributed by atoms with van der Waals surface area (Å²) < 4.78 is 19.3. The Hall–Kier alpha value is -3.15. The quantitative estimate of drug-likeness (QED) is 0.733. The molecular weight excluding hydrogens is 383 g/mol. The number of para-hydroxylation sites is 1. The molecule has 2 aliphatic rings. The fourth-order valence-electron chi connectivity index (χ4n) is 4.31. The van der Waals surface area contributed by atoms with Crippen molar-refractivity contribution in [2.45, 2.75) is 43.7 Å². The summed E-state index contributed by atoms with van der Waals surface area (Å²) in [7, 11) is 1.58. The number of amides is 2. The van der Waals surface area contributed by atoms with Crippen molar-refractivity contribution in [3.05, 3.63) is 66.0 Å². The summed E-state index contributed by atoms with van der Waals surface area (Å²) in [5.74, 6) is -0.231. The van der Waals surface area contributed by atoms with E-state index in [-0.39, 0.29) is 24.3 Å². The van der Waals surface area contributed by atoms with Crippen LogP contribution in [0.25, 0.3) is 6.08 Å². The normalized spacial score (nSPS) is 21.7. The molecule has 2 fully saturated rings. The predicted octanol–water partition coefficient (Wildman–Crippen LogP) is 4.08. The molecule has 5 nitrogen and oxygen atoms in total. The number of β-lactam (4-membered cyclic amide) rings is 1. The minimum atomic E-state index is -1.20. The maximum Gasteiger partial charge on any atom is 0.251 e. The lowest BCUT2D eigenvalue weighted by Crippen LogP contribution is -2.70. The number of carbonyl (C=O) groups excluding carboxylic acids is 2. The number of benzene rings is 2. The fourth-order valence-corrected chi connectivity index (χ4v) is 4.31. The van der Waals surface area contributed by atoms with Crippen LogP contribution in [-0.4, -0.2) is 30.5 Å². The van der Waals surface area contributed by atoms with Crippen LogP contribution in [0.5, 0.6) is 5.75 Å². The zero-order chi connectivity index (χ0) is 21.1. The van der Waals surface area contributed by atoms with Crippen LogP contribution >= 0.6 is 0 Å². The predicted molar refractivity (Wildman–Crippen MR) is 114 cm³/mol. The lowest BCUT2D eigenvalue weighted by Gasteiger charge is -2.49. The Morgan fingerprint density at radius 1 is 1.20 bits per heavy atom. The van der Waals surface area contributed by atoms with E-state index < -0.39 is 11.4 Å². The van der Waals surface area contributed by atoms with Gasteiger partial charge in [-0.25, -0.2) is 4.39 Å². The molecule has 6 heteroatoms. The second-order valence-corrected chi connectivity index (χ2v) is 7.84. The molecule has 1 aliphatic carbocycles. The topological polar surface area (TPSA) is 58.6 Å². The Labute approximate surface area is 175 Å². The number of rotatable bonds is 6. The Morgan fingerprint density at radius 2 is 1.97 bits per heavy atom. The molecule has 0 bridgehead atoms. The number of halogens is 1. The Bertz CT molecular complexity index is 984. The molecule has 2 aromatic rings. The van der Waals surface area contributed by atoms with E-state index in [1.807, 2.05) is 24.3 Å². The molecule has 0 spiro atoms. The van der Waals surface area contributed by atoms with Crippen molar-refractivity contribution in [2.24, 2.45) is 0 Å². The second-order valence-electron chi connectivity index (χ2n) is 7.84. The summed E-state index contributed by atoms with van der Waals surface area (Å²) in [6.45, 7) is 0. The van der Waals surface area contributed by atoms with Crippen LogP contribution in [0.15, 0.2) is 54.6 Å². The molecule has 1 aliphatic heterocycles. The van der Waals surface area contributed by atoms with Crippen molar-refractivity contribution in [2.75, 3.05) is 12.0 Å². The highest BCUT2D eigenvalue weighted by Gasteiger charge is 2.56. The van der Waals surface area contributed by atoms with Gasteiger partial charge in [-0.2, -0.15) is 0 Å². The molecular formula is C24H25FN2O3. The number of ether oxygens (including phenoxy) is 1. The number of nitrogens with zero attached hydrogens (tertiary/aromatic N) is 1. The van der Waals surface area contributed by atoms with E-state index in [1.165, 1.54) is 17.0 Å². The molecule has 2 amide bonds. The molecule has 30 heavy (non-hydrogen) atoms. The minimum Gasteiger partial charge on any atom is -0.496 e. The summed E-state index contributed by atoms with van der Waals surface area (Å²) in [6.07, 6.45) is 7.61.